The molecule has 0 heterocycles. The normalized spacial score (nSPS) is 15.2. The van der Waals surface area contributed by atoms with E-state index in [9.17, 15) is 9.50 Å². The molecule has 5 nitrogen and oxygen atoms in total. The summed E-state index contributed by atoms with van der Waals surface area (Å²) in [6.07, 6.45) is 1.54. The molecule has 0 bridgehead atoms. The minimum Gasteiger partial charge on any atom is -0.493 e. The highest BCUT2D eigenvalue weighted by atomic mass is 19.1. The summed E-state index contributed by atoms with van der Waals surface area (Å²) in [4.78, 5) is 4.58. The van der Waals surface area contributed by atoms with Crippen molar-refractivity contribution in [1.82, 2.24) is 10.6 Å². The number of aliphatic hydroxyl groups excluding tert-OH is 1. The lowest BCUT2D eigenvalue weighted by Gasteiger charge is -2.16. The monoisotopic (exact) mass is 385 g/mol. The van der Waals surface area contributed by atoms with E-state index in [1.807, 2.05) is 31.2 Å². The van der Waals surface area contributed by atoms with Crippen molar-refractivity contribution < 1.29 is 14.2 Å². The van der Waals surface area contributed by atoms with Gasteiger partial charge in [0.2, 0.25) is 0 Å². The summed E-state index contributed by atoms with van der Waals surface area (Å²) in [5, 5.41) is 16.5. The van der Waals surface area contributed by atoms with Gasteiger partial charge in [0.1, 0.15) is 11.6 Å². The van der Waals surface area contributed by atoms with Crippen molar-refractivity contribution in [2.45, 2.75) is 32.4 Å². The van der Waals surface area contributed by atoms with Gasteiger partial charge in [-0.2, -0.15) is 0 Å². The number of nitrogens with one attached hydrogen (secondary N) is 2. The summed E-state index contributed by atoms with van der Waals surface area (Å²) in [6.45, 7) is 4.02. The molecule has 0 radical (unpaired) electrons. The first-order valence-corrected chi connectivity index (χ1v) is 9.82. The number of hydrogen-bond donors (Lipinski definition) is 3. The number of aliphatic imine (C=N–C) groups is 1. The van der Waals surface area contributed by atoms with Gasteiger partial charge in [-0.25, -0.2) is 9.38 Å². The SMILES string of the molecule is CCNC(=NCc1ccccc1OCC1CC1)NCC(O)c1ccccc1F. The van der Waals surface area contributed by atoms with Crippen LogP contribution in [0.15, 0.2) is 53.5 Å². The molecular weight excluding hydrogens is 357 g/mol. The number of benzene rings is 2. The first-order chi connectivity index (χ1) is 13.7. The zero-order valence-corrected chi connectivity index (χ0v) is 16.2. The van der Waals surface area contributed by atoms with Gasteiger partial charge in [-0.1, -0.05) is 36.4 Å². The summed E-state index contributed by atoms with van der Waals surface area (Å²) in [5.74, 6) is 1.70. The van der Waals surface area contributed by atoms with Gasteiger partial charge in [-0.3, -0.25) is 0 Å². The van der Waals surface area contributed by atoms with Crippen molar-refractivity contribution in [2.75, 3.05) is 19.7 Å². The maximum atomic E-state index is 13.8. The van der Waals surface area contributed by atoms with Gasteiger partial charge in [0.05, 0.1) is 19.3 Å². The molecule has 6 heteroatoms. The second kappa shape index (κ2) is 10.1. The molecule has 0 saturated heterocycles. The van der Waals surface area contributed by atoms with E-state index in [1.54, 1.807) is 18.2 Å². The van der Waals surface area contributed by atoms with Crippen LogP contribution in [0.1, 0.15) is 37.0 Å². The Labute approximate surface area is 165 Å². The highest BCUT2D eigenvalue weighted by Crippen LogP contribution is 2.30. The maximum Gasteiger partial charge on any atom is 0.191 e. The van der Waals surface area contributed by atoms with Crippen molar-refractivity contribution in [1.29, 1.82) is 0 Å². The van der Waals surface area contributed by atoms with Crippen molar-refractivity contribution >= 4 is 5.96 Å². The predicted octanol–water partition coefficient (Wildman–Crippen LogP) is 3.40. The molecule has 1 saturated carbocycles. The molecule has 0 aromatic heterocycles. The van der Waals surface area contributed by atoms with Gasteiger partial charge in [-0.05, 0) is 37.8 Å². The van der Waals surface area contributed by atoms with E-state index < -0.39 is 11.9 Å². The van der Waals surface area contributed by atoms with Gasteiger partial charge >= 0.3 is 0 Å². The number of aliphatic hydroxyl groups is 1. The molecule has 0 aliphatic heterocycles. The fourth-order valence-corrected chi connectivity index (χ4v) is 2.82. The molecule has 150 valence electrons. The van der Waals surface area contributed by atoms with Crippen LogP contribution >= 0.6 is 0 Å². The number of guanidine groups is 1. The Hall–Kier alpha value is -2.60. The molecule has 3 N–H and O–H groups in total. The van der Waals surface area contributed by atoms with Crippen molar-refractivity contribution in [3.05, 3.63) is 65.5 Å². The molecule has 1 aliphatic rings. The van der Waals surface area contributed by atoms with Gasteiger partial charge in [-0.15, -0.1) is 0 Å². The van der Waals surface area contributed by atoms with E-state index in [0.29, 0.717) is 25.0 Å². The number of halogens is 1. The van der Waals surface area contributed by atoms with Crippen molar-refractivity contribution in [3.8, 4) is 5.75 Å². The van der Waals surface area contributed by atoms with Crippen LogP contribution in [-0.2, 0) is 6.54 Å². The third kappa shape index (κ3) is 5.96. The Morgan fingerprint density at radius 3 is 2.68 bits per heavy atom. The Balaban J connectivity index is 1.60. The standard InChI is InChI=1S/C22H28FN3O2/c1-2-24-22(26-14-20(27)18-8-4-5-9-19(18)23)25-13-17-7-3-6-10-21(17)28-15-16-11-12-16/h3-10,16,20,27H,2,11-15H2,1H3,(H2,24,25,26). The van der Waals surface area contributed by atoms with Crippen LogP contribution in [0.3, 0.4) is 0 Å². The first kappa shape index (κ1) is 20.1. The van der Waals surface area contributed by atoms with Crippen LogP contribution in [0.5, 0.6) is 5.75 Å². The molecular formula is C22H28FN3O2. The summed E-state index contributed by atoms with van der Waals surface area (Å²) >= 11 is 0. The second-order valence-electron chi connectivity index (χ2n) is 6.98. The number of nitrogens with zero attached hydrogens (tertiary/aromatic N) is 1. The van der Waals surface area contributed by atoms with E-state index in [0.717, 1.165) is 17.9 Å². The molecule has 1 unspecified atom stereocenters. The van der Waals surface area contributed by atoms with Gasteiger partial charge in [0.25, 0.3) is 0 Å². The van der Waals surface area contributed by atoms with E-state index in [4.69, 9.17) is 4.74 Å². The lowest BCUT2D eigenvalue weighted by Crippen LogP contribution is -2.39. The van der Waals surface area contributed by atoms with Gasteiger partial charge in [0.15, 0.2) is 5.96 Å². The Morgan fingerprint density at radius 1 is 1.18 bits per heavy atom. The summed E-state index contributed by atoms with van der Waals surface area (Å²) in [6, 6.07) is 14.1. The minimum absolute atomic E-state index is 0.159. The Kier molecular flexibility index (Phi) is 7.25. The smallest absolute Gasteiger partial charge is 0.191 e. The largest absolute Gasteiger partial charge is 0.493 e. The average Bonchev–Trinajstić information content (AvgIpc) is 3.54. The topological polar surface area (TPSA) is 65.9 Å². The quantitative estimate of drug-likeness (QED) is 0.457. The molecule has 1 atom stereocenters. The highest BCUT2D eigenvalue weighted by Gasteiger charge is 2.22. The predicted molar refractivity (Wildman–Crippen MR) is 109 cm³/mol. The summed E-state index contributed by atoms with van der Waals surface area (Å²) in [5.41, 5.74) is 1.28. The summed E-state index contributed by atoms with van der Waals surface area (Å²) < 4.78 is 19.7. The van der Waals surface area contributed by atoms with Crippen LogP contribution in [0.4, 0.5) is 4.39 Å². The molecule has 3 rings (SSSR count). The lowest BCUT2D eigenvalue weighted by molar-refractivity contribution is 0.176. The highest BCUT2D eigenvalue weighted by molar-refractivity contribution is 5.79. The molecule has 28 heavy (non-hydrogen) atoms. The average molecular weight is 385 g/mol. The molecule has 1 aliphatic carbocycles. The Bertz CT molecular complexity index is 793. The molecule has 2 aromatic carbocycles. The number of ether oxygens (including phenoxy) is 1. The van der Waals surface area contributed by atoms with Gasteiger partial charge in [0, 0.05) is 24.2 Å². The van der Waals surface area contributed by atoms with Crippen LogP contribution in [-0.4, -0.2) is 30.8 Å². The zero-order chi connectivity index (χ0) is 19.8. The fourth-order valence-electron chi connectivity index (χ4n) is 2.82. The van der Waals surface area contributed by atoms with E-state index in [-0.39, 0.29) is 12.1 Å². The van der Waals surface area contributed by atoms with E-state index in [1.165, 1.54) is 18.9 Å². The van der Waals surface area contributed by atoms with E-state index in [2.05, 4.69) is 15.6 Å². The molecule has 1 fully saturated rings. The third-order valence-corrected chi connectivity index (χ3v) is 4.62. The van der Waals surface area contributed by atoms with Crippen molar-refractivity contribution in [2.24, 2.45) is 10.9 Å². The Morgan fingerprint density at radius 2 is 1.93 bits per heavy atom. The van der Waals surface area contributed by atoms with Crippen molar-refractivity contribution in [3.63, 3.8) is 0 Å². The van der Waals surface area contributed by atoms with Crippen LogP contribution in [0.2, 0.25) is 0 Å². The zero-order valence-electron chi connectivity index (χ0n) is 16.2. The molecule has 0 spiro atoms. The van der Waals surface area contributed by atoms with Gasteiger partial charge < -0.3 is 20.5 Å². The van der Waals surface area contributed by atoms with Crippen LogP contribution in [0, 0.1) is 11.7 Å². The van der Waals surface area contributed by atoms with Crippen LogP contribution < -0.4 is 15.4 Å². The summed E-state index contributed by atoms with van der Waals surface area (Å²) in [7, 11) is 0. The molecule has 2 aromatic rings. The third-order valence-electron chi connectivity index (χ3n) is 4.62. The fraction of sp³-hybridized carbons (Fsp3) is 0.409. The maximum absolute atomic E-state index is 13.8. The first-order valence-electron chi connectivity index (χ1n) is 9.82. The van der Waals surface area contributed by atoms with Crippen LogP contribution in [0.25, 0.3) is 0 Å². The number of rotatable bonds is 9. The van der Waals surface area contributed by atoms with E-state index >= 15 is 0 Å². The second-order valence-corrected chi connectivity index (χ2v) is 6.98. The number of hydrogen-bond acceptors (Lipinski definition) is 3. The molecule has 0 amide bonds. The lowest BCUT2D eigenvalue weighted by atomic mass is 10.1. The number of para-hydroxylation sites is 1. The minimum atomic E-state index is -0.959.